The van der Waals surface area contributed by atoms with E-state index in [1.165, 1.54) is 25.7 Å². The van der Waals surface area contributed by atoms with Crippen molar-refractivity contribution in [2.45, 2.75) is 71.0 Å². The average molecular weight is 210 g/mol. The Labute approximate surface area is 92.4 Å². The van der Waals surface area contributed by atoms with Gasteiger partial charge in [-0.15, -0.1) is 0 Å². The highest BCUT2D eigenvalue weighted by Crippen LogP contribution is 2.49. The molecule has 0 bridgehead atoms. The molecule has 2 aliphatic rings. The Bertz CT molecular complexity index is 237. The van der Waals surface area contributed by atoms with E-state index in [1.807, 2.05) is 0 Å². The molecule has 0 amide bonds. The Morgan fingerprint density at radius 1 is 1.20 bits per heavy atom. The maximum atomic E-state index is 11.9. The van der Waals surface area contributed by atoms with Crippen LogP contribution in [-0.2, 0) is 9.53 Å². The number of ketones is 1. The molecule has 2 heteroatoms. The van der Waals surface area contributed by atoms with Gasteiger partial charge in [-0.2, -0.15) is 0 Å². The zero-order valence-corrected chi connectivity index (χ0v) is 9.92. The normalized spacial score (nSPS) is 30.3. The molecule has 0 heterocycles. The molecule has 0 aromatic carbocycles. The smallest absolute Gasteiger partial charge is 0.144 e. The molecule has 0 saturated heterocycles. The molecule has 1 unspecified atom stereocenters. The molecule has 0 aromatic heterocycles. The third-order valence-electron chi connectivity index (χ3n) is 3.97. The Morgan fingerprint density at radius 3 is 2.27 bits per heavy atom. The van der Waals surface area contributed by atoms with Crippen molar-refractivity contribution < 1.29 is 9.53 Å². The van der Waals surface area contributed by atoms with Crippen LogP contribution >= 0.6 is 0 Å². The van der Waals surface area contributed by atoms with Crippen LogP contribution in [0.5, 0.6) is 0 Å². The van der Waals surface area contributed by atoms with Crippen LogP contribution in [0, 0.1) is 5.41 Å². The van der Waals surface area contributed by atoms with E-state index >= 15 is 0 Å². The third kappa shape index (κ3) is 1.96. The first-order chi connectivity index (χ1) is 7.15. The number of Topliss-reactive ketones (excluding diaryl/α,β-unsaturated/α-hetero) is 1. The van der Waals surface area contributed by atoms with Crippen molar-refractivity contribution in [3.63, 3.8) is 0 Å². The molecule has 86 valence electrons. The van der Waals surface area contributed by atoms with Crippen molar-refractivity contribution in [1.82, 2.24) is 0 Å². The summed E-state index contributed by atoms with van der Waals surface area (Å²) in [7, 11) is 0. The van der Waals surface area contributed by atoms with Crippen LogP contribution in [0.1, 0.15) is 58.8 Å². The molecule has 15 heavy (non-hydrogen) atoms. The zero-order chi connectivity index (χ0) is 10.9. The number of carbonyl (C=O) groups is 1. The zero-order valence-electron chi connectivity index (χ0n) is 9.92. The summed E-state index contributed by atoms with van der Waals surface area (Å²) in [5.74, 6) is 0.468. The summed E-state index contributed by atoms with van der Waals surface area (Å²) < 4.78 is 5.88. The third-order valence-corrected chi connectivity index (χ3v) is 3.97. The van der Waals surface area contributed by atoms with Gasteiger partial charge >= 0.3 is 0 Å². The molecule has 0 radical (unpaired) electrons. The first-order valence-electron chi connectivity index (χ1n) is 6.34. The predicted molar refractivity (Wildman–Crippen MR) is 59.8 cm³/mol. The summed E-state index contributed by atoms with van der Waals surface area (Å²) in [6.07, 6.45) is 8.30. The van der Waals surface area contributed by atoms with Gasteiger partial charge in [0.25, 0.3) is 0 Å². The Kier molecular flexibility index (Phi) is 3.15. The van der Waals surface area contributed by atoms with Crippen LogP contribution in [0.4, 0.5) is 0 Å². The lowest BCUT2D eigenvalue weighted by molar-refractivity contribution is -0.171. The lowest BCUT2D eigenvalue weighted by atomic mass is 9.60. The van der Waals surface area contributed by atoms with Crippen molar-refractivity contribution in [3.8, 4) is 0 Å². The van der Waals surface area contributed by atoms with Gasteiger partial charge in [0, 0.05) is 6.42 Å². The summed E-state index contributed by atoms with van der Waals surface area (Å²) in [6, 6.07) is 0. The van der Waals surface area contributed by atoms with Crippen molar-refractivity contribution in [3.05, 3.63) is 0 Å². The van der Waals surface area contributed by atoms with Gasteiger partial charge in [0.1, 0.15) is 5.78 Å². The number of carbonyl (C=O) groups excluding carboxylic acids is 1. The van der Waals surface area contributed by atoms with E-state index in [2.05, 4.69) is 13.8 Å². The van der Waals surface area contributed by atoms with E-state index in [4.69, 9.17) is 4.74 Å². The molecular weight excluding hydrogens is 188 g/mol. The largest absolute Gasteiger partial charge is 0.374 e. The van der Waals surface area contributed by atoms with Gasteiger partial charge in [-0.25, -0.2) is 0 Å². The molecule has 1 atom stereocenters. The minimum Gasteiger partial charge on any atom is -0.374 e. The highest BCUT2D eigenvalue weighted by molar-refractivity contribution is 5.92. The van der Waals surface area contributed by atoms with E-state index in [0.717, 1.165) is 12.8 Å². The van der Waals surface area contributed by atoms with Gasteiger partial charge in [-0.1, -0.05) is 25.7 Å². The molecular formula is C13H22O2. The van der Waals surface area contributed by atoms with Crippen molar-refractivity contribution in [1.29, 1.82) is 0 Å². The Hall–Kier alpha value is -0.370. The lowest BCUT2D eigenvalue weighted by Crippen LogP contribution is -2.55. The number of hydrogen-bond acceptors (Lipinski definition) is 2. The summed E-state index contributed by atoms with van der Waals surface area (Å²) in [4.78, 5) is 11.9. The molecule has 0 aromatic rings. The van der Waals surface area contributed by atoms with Gasteiger partial charge in [-0.05, 0) is 26.7 Å². The van der Waals surface area contributed by atoms with Gasteiger partial charge in [0.2, 0.25) is 0 Å². The van der Waals surface area contributed by atoms with Crippen molar-refractivity contribution in [2.75, 3.05) is 0 Å². The molecule has 2 saturated carbocycles. The predicted octanol–water partition coefficient (Wildman–Crippen LogP) is 3.09. The van der Waals surface area contributed by atoms with Gasteiger partial charge in [0.05, 0.1) is 17.6 Å². The highest BCUT2D eigenvalue weighted by atomic mass is 16.5. The van der Waals surface area contributed by atoms with Crippen molar-refractivity contribution >= 4 is 5.78 Å². The fraction of sp³-hybridized carbons (Fsp3) is 0.923. The van der Waals surface area contributed by atoms with Gasteiger partial charge in [-0.3, -0.25) is 4.79 Å². The number of rotatable bonds is 2. The van der Waals surface area contributed by atoms with Crippen LogP contribution in [0.15, 0.2) is 0 Å². The quantitative estimate of drug-likeness (QED) is 0.700. The van der Waals surface area contributed by atoms with Gasteiger partial charge in [0.15, 0.2) is 0 Å². The number of ether oxygens (including phenoxy) is 1. The minimum absolute atomic E-state index is 0.0687. The molecule has 1 spiro atoms. The van der Waals surface area contributed by atoms with Crippen LogP contribution in [0.25, 0.3) is 0 Å². The first-order valence-corrected chi connectivity index (χ1v) is 6.34. The van der Waals surface area contributed by atoms with Crippen LogP contribution < -0.4 is 0 Å². The van der Waals surface area contributed by atoms with E-state index in [0.29, 0.717) is 12.2 Å². The SMILES string of the molecule is CC(C)OC1CC(=O)C12CCCCCC2. The molecule has 0 N–H and O–H groups in total. The Balaban J connectivity index is 2.05. The second-order valence-electron chi connectivity index (χ2n) is 5.37. The fourth-order valence-electron chi connectivity index (χ4n) is 3.08. The molecule has 0 aliphatic heterocycles. The standard InChI is InChI=1S/C13H22O2/c1-10(2)15-12-9-11(14)13(12)7-5-3-4-6-8-13/h10,12H,3-9H2,1-2H3. The van der Waals surface area contributed by atoms with Crippen LogP contribution in [0.2, 0.25) is 0 Å². The second kappa shape index (κ2) is 4.25. The van der Waals surface area contributed by atoms with Crippen molar-refractivity contribution in [2.24, 2.45) is 5.41 Å². The maximum absolute atomic E-state index is 11.9. The number of hydrogen-bond donors (Lipinski definition) is 0. The summed E-state index contributed by atoms with van der Waals surface area (Å²) in [5.41, 5.74) is -0.0687. The first kappa shape index (κ1) is 11.1. The van der Waals surface area contributed by atoms with Crippen LogP contribution in [-0.4, -0.2) is 18.0 Å². The van der Waals surface area contributed by atoms with Crippen LogP contribution in [0.3, 0.4) is 0 Å². The van der Waals surface area contributed by atoms with E-state index in [9.17, 15) is 4.79 Å². The van der Waals surface area contributed by atoms with Gasteiger partial charge < -0.3 is 4.74 Å². The van der Waals surface area contributed by atoms with E-state index < -0.39 is 0 Å². The molecule has 2 rings (SSSR count). The Morgan fingerprint density at radius 2 is 1.80 bits per heavy atom. The maximum Gasteiger partial charge on any atom is 0.144 e. The van der Waals surface area contributed by atoms with E-state index in [-0.39, 0.29) is 17.6 Å². The minimum atomic E-state index is -0.0687. The topological polar surface area (TPSA) is 26.3 Å². The highest BCUT2D eigenvalue weighted by Gasteiger charge is 2.54. The molecule has 2 fully saturated rings. The summed E-state index contributed by atoms with van der Waals surface area (Å²) >= 11 is 0. The summed E-state index contributed by atoms with van der Waals surface area (Å²) in [5, 5.41) is 0. The lowest BCUT2D eigenvalue weighted by Gasteiger charge is -2.48. The average Bonchev–Trinajstić information content (AvgIpc) is 2.43. The fourth-order valence-corrected chi connectivity index (χ4v) is 3.08. The second-order valence-corrected chi connectivity index (χ2v) is 5.37. The summed E-state index contributed by atoms with van der Waals surface area (Å²) in [6.45, 7) is 4.13. The molecule has 2 aliphatic carbocycles. The van der Waals surface area contributed by atoms with E-state index in [1.54, 1.807) is 0 Å². The monoisotopic (exact) mass is 210 g/mol. The molecule has 2 nitrogen and oxygen atoms in total.